The summed E-state index contributed by atoms with van der Waals surface area (Å²) in [7, 11) is 1.76. The van der Waals surface area contributed by atoms with Gasteiger partial charge in [0.25, 0.3) is 0 Å². The second-order valence-corrected chi connectivity index (χ2v) is 7.32. The lowest BCUT2D eigenvalue weighted by atomic mass is 9.70. The molecule has 0 bridgehead atoms. The molecule has 100 valence electrons. The zero-order valence-electron chi connectivity index (χ0n) is 11.0. The molecule has 1 aromatic heterocycles. The fourth-order valence-corrected chi connectivity index (χ4v) is 3.52. The van der Waals surface area contributed by atoms with Crippen molar-refractivity contribution in [2.75, 3.05) is 7.11 Å². The third-order valence-corrected chi connectivity index (χ3v) is 4.69. The topological polar surface area (TPSA) is 35.0 Å². The van der Waals surface area contributed by atoms with Crippen molar-refractivity contribution in [3.63, 3.8) is 0 Å². The van der Waals surface area contributed by atoms with Gasteiger partial charge in [-0.05, 0) is 63.0 Å². The SMILES string of the molecule is COC1(c2nc(Br)cc(Br)n2)CCC(C)(C)CC1. The lowest BCUT2D eigenvalue weighted by Crippen LogP contribution is -2.38. The first-order valence-electron chi connectivity index (χ1n) is 6.13. The lowest BCUT2D eigenvalue weighted by molar-refractivity contribution is -0.0731. The van der Waals surface area contributed by atoms with Crippen molar-refractivity contribution in [3.05, 3.63) is 21.1 Å². The van der Waals surface area contributed by atoms with Gasteiger partial charge < -0.3 is 4.74 Å². The van der Waals surface area contributed by atoms with Crippen LogP contribution in [-0.2, 0) is 10.3 Å². The molecule has 0 saturated heterocycles. The second-order valence-electron chi connectivity index (χ2n) is 5.70. The Labute approximate surface area is 125 Å². The van der Waals surface area contributed by atoms with Crippen LogP contribution < -0.4 is 0 Å². The molecule has 1 saturated carbocycles. The zero-order chi connectivity index (χ0) is 13.4. The minimum absolute atomic E-state index is 0.332. The van der Waals surface area contributed by atoms with Crippen molar-refractivity contribution in [2.45, 2.75) is 45.1 Å². The molecule has 1 aromatic rings. The summed E-state index contributed by atoms with van der Waals surface area (Å²) in [4.78, 5) is 9.00. The van der Waals surface area contributed by atoms with Gasteiger partial charge in [0.2, 0.25) is 0 Å². The Morgan fingerprint density at radius 1 is 1.06 bits per heavy atom. The van der Waals surface area contributed by atoms with Crippen molar-refractivity contribution in [1.29, 1.82) is 0 Å². The first-order chi connectivity index (χ1) is 8.37. The fourth-order valence-electron chi connectivity index (χ4n) is 2.44. The number of aromatic nitrogens is 2. The van der Waals surface area contributed by atoms with Gasteiger partial charge in [0.1, 0.15) is 14.8 Å². The minimum atomic E-state index is -0.332. The van der Waals surface area contributed by atoms with Gasteiger partial charge in [-0.25, -0.2) is 9.97 Å². The maximum Gasteiger partial charge on any atom is 0.162 e. The third kappa shape index (κ3) is 2.94. The molecular weight excluding hydrogens is 360 g/mol. The predicted molar refractivity (Wildman–Crippen MR) is 78.4 cm³/mol. The fraction of sp³-hybridized carbons (Fsp3) is 0.692. The summed E-state index contributed by atoms with van der Waals surface area (Å²) in [5.41, 5.74) is 0.0626. The molecule has 1 heterocycles. The lowest BCUT2D eigenvalue weighted by Gasteiger charge is -2.41. The summed E-state index contributed by atoms with van der Waals surface area (Å²) in [5, 5.41) is 0. The molecule has 18 heavy (non-hydrogen) atoms. The molecule has 0 aliphatic heterocycles. The molecule has 1 aliphatic rings. The molecule has 0 N–H and O–H groups in total. The van der Waals surface area contributed by atoms with Gasteiger partial charge in [-0.2, -0.15) is 0 Å². The highest BCUT2D eigenvalue weighted by Crippen LogP contribution is 2.46. The van der Waals surface area contributed by atoms with Crippen molar-refractivity contribution in [1.82, 2.24) is 9.97 Å². The van der Waals surface area contributed by atoms with E-state index in [2.05, 4.69) is 55.7 Å². The van der Waals surface area contributed by atoms with E-state index in [9.17, 15) is 0 Å². The van der Waals surface area contributed by atoms with E-state index in [1.54, 1.807) is 7.11 Å². The third-order valence-electron chi connectivity index (χ3n) is 3.87. The van der Waals surface area contributed by atoms with Crippen molar-refractivity contribution in [3.8, 4) is 0 Å². The zero-order valence-corrected chi connectivity index (χ0v) is 14.1. The van der Waals surface area contributed by atoms with E-state index in [0.717, 1.165) is 40.7 Å². The first kappa shape index (κ1) is 14.4. The number of hydrogen-bond acceptors (Lipinski definition) is 3. The summed E-state index contributed by atoms with van der Waals surface area (Å²) >= 11 is 6.84. The summed E-state index contributed by atoms with van der Waals surface area (Å²) in [6.07, 6.45) is 4.21. The van der Waals surface area contributed by atoms with Gasteiger partial charge in [0.05, 0.1) is 0 Å². The van der Waals surface area contributed by atoms with E-state index in [1.807, 2.05) is 6.07 Å². The van der Waals surface area contributed by atoms with E-state index in [1.165, 1.54) is 0 Å². The van der Waals surface area contributed by atoms with E-state index >= 15 is 0 Å². The smallest absolute Gasteiger partial charge is 0.162 e. The van der Waals surface area contributed by atoms with Crippen LogP contribution in [0.2, 0.25) is 0 Å². The Morgan fingerprint density at radius 2 is 1.56 bits per heavy atom. The second kappa shape index (κ2) is 5.17. The van der Waals surface area contributed by atoms with Crippen LogP contribution in [0, 0.1) is 5.41 Å². The van der Waals surface area contributed by atoms with Gasteiger partial charge in [0.15, 0.2) is 5.82 Å². The van der Waals surface area contributed by atoms with Crippen LogP contribution in [-0.4, -0.2) is 17.1 Å². The average Bonchev–Trinajstić information content (AvgIpc) is 2.28. The van der Waals surface area contributed by atoms with E-state index in [0.29, 0.717) is 5.41 Å². The monoisotopic (exact) mass is 376 g/mol. The summed E-state index contributed by atoms with van der Waals surface area (Å²) < 4.78 is 7.39. The van der Waals surface area contributed by atoms with E-state index in [-0.39, 0.29) is 5.60 Å². The predicted octanol–water partition coefficient (Wildman–Crippen LogP) is 4.44. The maximum absolute atomic E-state index is 5.80. The number of halogens is 2. The number of nitrogens with zero attached hydrogens (tertiary/aromatic N) is 2. The molecule has 1 fully saturated rings. The largest absolute Gasteiger partial charge is 0.370 e. The van der Waals surface area contributed by atoms with Crippen LogP contribution in [0.15, 0.2) is 15.3 Å². The minimum Gasteiger partial charge on any atom is -0.370 e. The molecular formula is C13H18Br2N2O. The molecule has 2 rings (SSSR count). The van der Waals surface area contributed by atoms with Crippen LogP contribution in [0.5, 0.6) is 0 Å². The Kier molecular flexibility index (Phi) is 4.14. The Bertz CT molecular complexity index is 418. The highest BCUT2D eigenvalue weighted by atomic mass is 79.9. The van der Waals surface area contributed by atoms with E-state index in [4.69, 9.17) is 4.74 Å². The Hall–Kier alpha value is -0.0000000000000000555. The van der Waals surface area contributed by atoms with Gasteiger partial charge in [-0.3, -0.25) is 0 Å². The van der Waals surface area contributed by atoms with Crippen LogP contribution in [0.1, 0.15) is 45.4 Å². The molecule has 0 atom stereocenters. The Morgan fingerprint density at radius 3 is 2.00 bits per heavy atom. The van der Waals surface area contributed by atoms with Crippen LogP contribution in [0.4, 0.5) is 0 Å². The van der Waals surface area contributed by atoms with Crippen molar-refractivity contribution < 1.29 is 4.74 Å². The summed E-state index contributed by atoms with van der Waals surface area (Å²) in [6.45, 7) is 4.62. The number of ether oxygens (including phenoxy) is 1. The standard InChI is InChI=1S/C13H18Br2N2O/c1-12(2)4-6-13(18-3,7-5-12)11-16-9(14)8-10(15)17-11/h8H,4-7H2,1-3H3. The normalized spacial score (nSPS) is 21.8. The Balaban J connectivity index is 2.33. The van der Waals surface area contributed by atoms with Crippen molar-refractivity contribution in [2.24, 2.45) is 5.41 Å². The number of rotatable bonds is 2. The highest BCUT2D eigenvalue weighted by Gasteiger charge is 2.42. The highest BCUT2D eigenvalue weighted by molar-refractivity contribution is 9.11. The molecule has 0 aromatic carbocycles. The molecule has 3 nitrogen and oxygen atoms in total. The first-order valence-corrected chi connectivity index (χ1v) is 7.71. The van der Waals surface area contributed by atoms with Gasteiger partial charge >= 0.3 is 0 Å². The van der Waals surface area contributed by atoms with Crippen molar-refractivity contribution >= 4 is 31.9 Å². The maximum atomic E-state index is 5.80. The average molecular weight is 378 g/mol. The molecule has 0 unspecified atom stereocenters. The summed E-state index contributed by atoms with van der Waals surface area (Å²) in [6, 6.07) is 1.85. The molecule has 1 aliphatic carbocycles. The van der Waals surface area contributed by atoms with Gasteiger partial charge in [0, 0.05) is 13.2 Å². The quantitative estimate of drug-likeness (QED) is 0.714. The molecule has 0 amide bonds. The molecule has 5 heteroatoms. The molecule has 0 radical (unpaired) electrons. The van der Waals surface area contributed by atoms with E-state index < -0.39 is 0 Å². The van der Waals surface area contributed by atoms with Crippen LogP contribution in [0.25, 0.3) is 0 Å². The van der Waals surface area contributed by atoms with Gasteiger partial charge in [-0.15, -0.1) is 0 Å². The summed E-state index contributed by atoms with van der Waals surface area (Å²) in [5.74, 6) is 0.779. The number of hydrogen-bond donors (Lipinski definition) is 0. The van der Waals surface area contributed by atoms with Gasteiger partial charge in [-0.1, -0.05) is 13.8 Å². The number of methoxy groups -OCH3 is 1. The molecule has 0 spiro atoms. The van der Waals surface area contributed by atoms with Crippen LogP contribution in [0.3, 0.4) is 0 Å². The van der Waals surface area contributed by atoms with Crippen LogP contribution >= 0.6 is 31.9 Å².